The van der Waals surface area contributed by atoms with Gasteiger partial charge >= 0.3 is 0 Å². The molecule has 2 heterocycles. The molecule has 2 aromatic carbocycles. The molecule has 0 fully saturated rings. The molecule has 0 radical (unpaired) electrons. The molecular formula is C23H20Cl2N3O4-. The first-order valence-corrected chi connectivity index (χ1v) is 9.23. The molecule has 0 bridgehead atoms. The number of carbonyl (C=O) groups is 1. The van der Waals surface area contributed by atoms with E-state index in [0.29, 0.717) is 35.0 Å². The molecule has 166 valence electrons. The van der Waals surface area contributed by atoms with Crippen molar-refractivity contribution in [3.8, 4) is 11.5 Å². The summed E-state index contributed by atoms with van der Waals surface area (Å²) in [6.45, 7) is 0.319. The van der Waals surface area contributed by atoms with E-state index in [1.54, 1.807) is 31.5 Å². The first kappa shape index (κ1) is 24.7. The van der Waals surface area contributed by atoms with E-state index in [4.69, 9.17) is 9.47 Å². The highest BCUT2D eigenvalue weighted by molar-refractivity contribution is 6.00. The van der Waals surface area contributed by atoms with Gasteiger partial charge in [-0.15, -0.1) is 24.8 Å². The van der Waals surface area contributed by atoms with Gasteiger partial charge < -0.3 is 24.4 Å². The SMILES string of the molecule is COc1ccc(/C=C/c2nc3c(C(=O)[O-])cccc3[nH]2)cc1OCc1ccccn1.Cl.Cl. The van der Waals surface area contributed by atoms with Crippen LogP contribution in [0.25, 0.3) is 23.2 Å². The number of carboxylic acids is 1. The third kappa shape index (κ3) is 5.57. The van der Waals surface area contributed by atoms with Crippen LogP contribution in [-0.2, 0) is 6.61 Å². The van der Waals surface area contributed by atoms with Crippen LogP contribution in [0.5, 0.6) is 11.5 Å². The van der Waals surface area contributed by atoms with Crippen molar-refractivity contribution in [3.63, 3.8) is 0 Å². The maximum absolute atomic E-state index is 11.3. The molecule has 0 saturated heterocycles. The summed E-state index contributed by atoms with van der Waals surface area (Å²) in [6.07, 6.45) is 5.33. The third-order valence-electron chi connectivity index (χ3n) is 4.47. The molecule has 1 N–H and O–H groups in total. The minimum absolute atomic E-state index is 0. The van der Waals surface area contributed by atoms with Crippen LogP contribution >= 0.6 is 24.8 Å². The minimum atomic E-state index is -1.26. The number of hydrogen-bond donors (Lipinski definition) is 1. The summed E-state index contributed by atoms with van der Waals surface area (Å²) in [5.74, 6) is 0.484. The summed E-state index contributed by atoms with van der Waals surface area (Å²) < 4.78 is 11.3. The highest BCUT2D eigenvalue weighted by Crippen LogP contribution is 2.29. The zero-order valence-electron chi connectivity index (χ0n) is 17.0. The summed E-state index contributed by atoms with van der Waals surface area (Å²) in [5, 5.41) is 11.3. The lowest BCUT2D eigenvalue weighted by Gasteiger charge is -2.11. The smallest absolute Gasteiger partial charge is 0.162 e. The van der Waals surface area contributed by atoms with Gasteiger partial charge in [0, 0.05) is 11.8 Å². The lowest BCUT2D eigenvalue weighted by Crippen LogP contribution is -2.22. The zero-order chi connectivity index (χ0) is 20.9. The highest BCUT2D eigenvalue weighted by atomic mass is 35.5. The van der Waals surface area contributed by atoms with E-state index < -0.39 is 5.97 Å². The van der Waals surface area contributed by atoms with Gasteiger partial charge in [-0.3, -0.25) is 4.98 Å². The Labute approximate surface area is 196 Å². The van der Waals surface area contributed by atoms with Crippen LogP contribution in [0.15, 0.2) is 60.8 Å². The highest BCUT2D eigenvalue weighted by Gasteiger charge is 2.08. The molecule has 7 nitrogen and oxygen atoms in total. The number of fused-ring (bicyclic) bond motifs is 1. The first-order chi connectivity index (χ1) is 14.6. The third-order valence-corrected chi connectivity index (χ3v) is 4.47. The van der Waals surface area contributed by atoms with Gasteiger partial charge in [-0.05, 0) is 42.0 Å². The van der Waals surface area contributed by atoms with Gasteiger partial charge in [0.15, 0.2) is 11.5 Å². The van der Waals surface area contributed by atoms with Gasteiger partial charge in [-0.25, -0.2) is 4.98 Å². The van der Waals surface area contributed by atoms with Crippen molar-refractivity contribution < 1.29 is 19.4 Å². The van der Waals surface area contributed by atoms with Crippen molar-refractivity contribution >= 4 is 54.0 Å². The Morgan fingerprint density at radius 1 is 1.06 bits per heavy atom. The minimum Gasteiger partial charge on any atom is -0.545 e. The quantitative estimate of drug-likeness (QED) is 0.437. The summed E-state index contributed by atoms with van der Waals surface area (Å²) in [4.78, 5) is 22.9. The number of para-hydroxylation sites is 1. The monoisotopic (exact) mass is 472 g/mol. The molecule has 0 amide bonds. The number of nitrogens with one attached hydrogen (secondary N) is 1. The van der Waals surface area contributed by atoms with Crippen LogP contribution in [0.4, 0.5) is 0 Å². The number of H-pyrrole nitrogens is 1. The second-order valence-corrected chi connectivity index (χ2v) is 6.46. The van der Waals surface area contributed by atoms with Crippen molar-refractivity contribution in [2.45, 2.75) is 6.61 Å². The number of pyridine rings is 1. The van der Waals surface area contributed by atoms with Crippen LogP contribution in [0.1, 0.15) is 27.4 Å². The number of nitrogens with zero attached hydrogens (tertiary/aromatic N) is 2. The Bertz CT molecular complexity index is 1230. The summed E-state index contributed by atoms with van der Waals surface area (Å²) in [5.41, 5.74) is 2.73. The molecule has 32 heavy (non-hydrogen) atoms. The normalized spacial score (nSPS) is 10.4. The molecule has 0 atom stereocenters. The molecule has 0 aliphatic carbocycles. The van der Waals surface area contributed by atoms with E-state index >= 15 is 0 Å². The van der Waals surface area contributed by atoms with E-state index in [1.807, 2.05) is 42.5 Å². The van der Waals surface area contributed by atoms with E-state index in [1.165, 1.54) is 6.07 Å². The number of rotatable bonds is 7. The number of aromatic amines is 1. The predicted octanol–water partition coefficient (Wildman–Crippen LogP) is 3.92. The molecule has 0 spiro atoms. The molecular weight excluding hydrogens is 453 g/mol. The average molecular weight is 473 g/mol. The largest absolute Gasteiger partial charge is 0.545 e. The maximum Gasteiger partial charge on any atom is 0.162 e. The fraction of sp³-hybridized carbons (Fsp3) is 0.0870. The van der Waals surface area contributed by atoms with E-state index in [0.717, 1.165) is 11.3 Å². The van der Waals surface area contributed by atoms with Gasteiger partial charge in [0.1, 0.15) is 12.4 Å². The van der Waals surface area contributed by atoms with E-state index in [-0.39, 0.29) is 30.4 Å². The number of carboxylic acid groups (broad SMARTS) is 1. The number of methoxy groups -OCH3 is 1. The van der Waals surface area contributed by atoms with Crippen LogP contribution in [0.3, 0.4) is 0 Å². The molecule has 0 aliphatic heterocycles. The Morgan fingerprint density at radius 3 is 2.62 bits per heavy atom. The molecule has 4 aromatic rings. The van der Waals surface area contributed by atoms with Gasteiger partial charge in [0.25, 0.3) is 0 Å². The number of imidazole rings is 1. The first-order valence-electron chi connectivity index (χ1n) is 9.23. The van der Waals surface area contributed by atoms with Crippen molar-refractivity contribution in [2.24, 2.45) is 0 Å². The van der Waals surface area contributed by atoms with Crippen LogP contribution in [0.2, 0.25) is 0 Å². The molecule has 0 aliphatic rings. The van der Waals surface area contributed by atoms with Crippen LogP contribution in [-0.4, -0.2) is 28.0 Å². The number of ether oxygens (including phenoxy) is 2. The number of aromatic carboxylic acids is 1. The predicted molar refractivity (Wildman–Crippen MR) is 125 cm³/mol. The average Bonchev–Trinajstić information content (AvgIpc) is 3.20. The Balaban J connectivity index is 0.00000181. The zero-order valence-corrected chi connectivity index (χ0v) is 18.6. The summed E-state index contributed by atoms with van der Waals surface area (Å²) >= 11 is 0. The number of halogens is 2. The summed E-state index contributed by atoms with van der Waals surface area (Å²) in [6, 6.07) is 16.1. The van der Waals surface area contributed by atoms with Gasteiger partial charge in [-0.1, -0.05) is 30.3 Å². The van der Waals surface area contributed by atoms with Gasteiger partial charge in [0.05, 0.1) is 29.8 Å². The molecule has 0 saturated carbocycles. The topological polar surface area (TPSA) is 100 Å². The summed E-state index contributed by atoms with van der Waals surface area (Å²) in [7, 11) is 1.59. The second-order valence-electron chi connectivity index (χ2n) is 6.46. The van der Waals surface area contributed by atoms with Gasteiger partial charge in [-0.2, -0.15) is 0 Å². The maximum atomic E-state index is 11.3. The molecule has 4 rings (SSSR count). The van der Waals surface area contributed by atoms with Crippen molar-refractivity contribution in [2.75, 3.05) is 7.11 Å². The standard InChI is InChI=1S/C23H19N3O4.2ClH/c1-29-19-10-8-15(13-20(19)30-14-16-5-2-3-12-24-16)9-11-21-25-18-7-4-6-17(23(27)28)22(18)26-21;;/h2-13H,14H2,1H3,(H,25,26)(H,27,28);2*1H/p-1/b11-9+;;. The Morgan fingerprint density at radius 2 is 1.91 bits per heavy atom. The number of benzene rings is 2. The Hall–Kier alpha value is -3.55. The van der Waals surface area contributed by atoms with Crippen LogP contribution < -0.4 is 14.6 Å². The number of hydrogen-bond acceptors (Lipinski definition) is 6. The fourth-order valence-electron chi connectivity index (χ4n) is 3.01. The Kier molecular flexibility index (Phi) is 8.63. The number of aromatic nitrogens is 3. The van der Waals surface area contributed by atoms with E-state index in [9.17, 15) is 9.90 Å². The van der Waals surface area contributed by atoms with Gasteiger partial charge in [0.2, 0.25) is 0 Å². The van der Waals surface area contributed by atoms with Crippen LogP contribution in [0, 0.1) is 0 Å². The van der Waals surface area contributed by atoms with Crippen molar-refractivity contribution in [1.29, 1.82) is 0 Å². The lowest BCUT2D eigenvalue weighted by atomic mass is 10.2. The van der Waals surface area contributed by atoms with E-state index in [2.05, 4.69) is 15.0 Å². The molecule has 0 unspecified atom stereocenters. The second kappa shape index (κ2) is 11.2. The van der Waals surface area contributed by atoms with Crippen molar-refractivity contribution in [3.05, 3.63) is 83.4 Å². The molecule has 2 aromatic heterocycles. The lowest BCUT2D eigenvalue weighted by molar-refractivity contribution is -0.254. The molecule has 9 heteroatoms. The van der Waals surface area contributed by atoms with Crippen molar-refractivity contribution in [1.82, 2.24) is 15.0 Å². The number of carbonyl (C=O) groups excluding carboxylic acids is 1. The fourth-order valence-corrected chi connectivity index (χ4v) is 3.01.